The van der Waals surface area contributed by atoms with Gasteiger partial charge in [-0.25, -0.2) is 4.79 Å². The summed E-state index contributed by atoms with van der Waals surface area (Å²) in [5.41, 5.74) is 1.33. The topological polar surface area (TPSA) is 98.5 Å². The average molecular weight is 368 g/mol. The van der Waals surface area contributed by atoms with E-state index in [-0.39, 0.29) is 12.3 Å². The molecule has 2 rings (SSSR count). The normalized spacial score (nSPS) is 11.7. The third kappa shape index (κ3) is 6.39. The quantitative estimate of drug-likeness (QED) is 0.334. The number of non-ortho nitro benzene ring substituents is 1. The molecule has 7 heteroatoms. The number of nitrogens with zero attached hydrogens (tertiary/aromatic N) is 1. The molecule has 2 aromatic rings. The van der Waals surface area contributed by atoms with Crippen molar-refractivity contribution in [1.29, 1.82) is 0 Å². The van der Waals surface area contributed by atoms with Gasteiger partial charge in [0.2, 0.25) is 5.91 Å². The summed E-state index contributed by atoms with van der Waals surface area (Å²) >= 11 is 0. The van der Waals surface area contributed by atoms with Gasteiger partial charge in [-0.3, -0.25) is 14.9 Å². The molecular weight excluding hydrogens is 348 g/mol. The maximum atomic E-state index is 12.2. The van der Waals surface area contributed by atoms with Crippen LogP contribution in [0.1, 0.15) is 18.1 Å². The van der Waals surface area contributed by atoms with Crippen LogP contribution in [-0.2, 0) is 20.7 Å². The highest BCUT2D eigenvalue weighted by atomic mass is 16.6. The van der Waals surface area contributed by atoms with E-state index >= 15 is 0 Å². The summed E-state index contributed by atoms with van der Waals surface area (Å²) in [5.74, 6) is -1.01. The fourth-order valence-electron chi connectivity index (χ4n) is 2.42. The molecule has 27 heavy (non-hydrogen) atoms. The molecule has 0 aromatic heterocycles. The minimum absolute atomic E-state index is 0.0639. The molecule has 0 heterocycles. The Kier molecular flexibility index (Phi) is 7.25. The molecule has 0 bridgehead atoms. The van der Waals surface area contributed by atoms with Crippen molar-refractivity contribution in [3.63, 3.8) is 0 Å². The van der Waals surface area contributed by atoms with Crippen molar-refractivity contribution < 1.29 is 19.2 Å². The van der Waals surface area contributed by atoms with E-state index in [0.29, 0.717) is 12.0 Å². The summed E-state index contributed by atoms with van der Waals surface area (Å²) < 4.78 is 5.03. The molecule has 2 aromatic carbocycles. The van der Waals surface area contributed by atoms with Crippen LogP contribution in [0.5, 0.6) is 0 Å². The maximum Gasteiger partial charge on any atom is 0.328 e. The molecule has 0 saturated carbocycles. The number of nitro groups is 1. The predicted octanol–water partition coefficient (Wildman–Crippen LogP) is 2.90. The number of amides is 1. The maximum absolute atomic E-state index is 12.2. The first-order valence-electron chi connectivity index (χ1n) is 8.43. The van der Waals surface area contributed by atoms with Crippen LogP contribution in [0.15, 0.2) is 60.7 Å². The van der Waals surface area contributed by atoms with Crippen LogP contribution >= 0.6 is 0 Å². The highest BCUT2D eigenvalue weighted by molar-refractivity contribution is 5.94. The molecule has 0 fully saturated rings. The Morgan fingerprint density at radius 1 is 1.19 bits per heavy atom. The lowest BCUT2D eigenvalue weighted by Gasteiger charge is -2.16. The molecule has 0 aliphatic carbocycles. The number of carbonyl (C=O) groups is 2. The molecule has 1 unspecified atom stereocenters. The van der Waals surface area contributed by atoms with Gasteiger partial charge in [0, 0.05) is 24.6 Å². The second-order valence-corrected chi connectivity index (χ2v) is 5.69. The number of carbonyl (C=O) groups excluding carboxylic acids is 2. The van der Waals surface area contributed by atoms with Crippen LogP contribution < -0.4 is 5.32 Å². The highest BCUT2D eigenvalue weighted by Gasteiger charge is 2.21. The lowest BCUT2D eigenvalue weighted by atomic mass is 10.1. The summed E-state index contributed by atoms with van der Waals surface area (Å²) in [6.07, 6.45) is 2.99. The molecule has 0 radical (unpaired) electrons. The van der Waals surface area contributed by atoms with E-state index in [4.69, 9.17) is 4.74 Å². The number of benzene rings is 2. The van der Waals surface area contributed by atoms with E-state index in [1.54, 1.807) is 13.0 Å². The Bertz CT molecular complexity index is 833. The summed E-state index contributed by atoms with van der Waals surface area (Å²) in [4.78, 5) is 34.6. The molecule has 1 amide bonds. The van der Waals surface area contributed by atoms with Crippen LogP contribution in [0.4, 0.5) is 5.69 Å². The number of hydrogen-bond acceptors (Lipinski definition) is 5. The Morgan fingerprint density at radius 2 is 1.93 bits per heavy atom. The molecule has 0 aliphatic rings. The summed E-state index contributed by atoms with van der Waals surface area (Å²) in [7, 11) is 0. The van der Waals surface area contributed by atoms with Crippen molar-refractivity contribution in [2.24, 2.45) is 0 Å². The Balaban J connectivity index is 2.07. The van der Waals surface area contributed by atoms with E-state index in [2.05, 4.69) is 5.32 Å². The van der Waals surface area contributed by atoms with Crippen molar-refractivity contribution in [2.45, 2.75) is 19.4 Å². The first-order chi connectivity index (χ1) is 13.0. The van der Waals surface area contributed by atoms with Gasteiger partial charge < -0.3 is 10.1 Å². The van der Waals surface area contributed by atoms with Crippen LogP contribution in [-0.4, -0.2) is 29.4 Å². The van der Waals surface area contributed by atoms with Crippen LogP contribution in [0, 0.1) is 10.1 Å². The van der Waals surface area contributed by atoms with Gasteiger partial charge >= 0.3 is 5.97 Å². The van der Waals surface area contributed by atoms with Crippen molar-refractivity contribution >= 4 is 23.6 Å². The summed E-state index contributed by atoms with van der Waals surface area (Å²) in [6, 6.07) is 14.4. The SMILES string of the molecule is CCOC(=O)C(Cc1ccccc1)NC(=O)/C=C/c1cccc([N+](=O)[O-])c1. The highest BCUT2D eigenvalue weighted by Crippen LogP contribution is 2.14. The van der Waals surface area contributed by atoms with E-state index in [0.717, 1.165) is 5.56 Å². The fraction of sp³-hybridized carbons (Fsp3) is 0.200. The predicted molar refractivity (Wildman–Crippen MR) is 101 cm³/mol. The first kappa shape index (κ1) is 19.8. The van der Waals surface area contributed by atoms with Crippen molar-refractivity contribution in [3.05, 3.63) is 81.9 Å². The van der Waals surface area contributed by atoms with Crippen LogP contribution in [0.3, 0.4) is 0 Å². The lowest BCUT2D eigenvalue weighted by molar-refractivity contribution is -0.384. The largest absolute Gasteiger partial charge is 0.464 e. The molecule has 1 N–H and O–H groups in total. The molecule has 140 valence electrons. The monoisotopic (exact) mass is 368 g/mol. The zero-order chi connectivity index (χ0) is 19.6. The van der Waals surface area contributed by atoms with Gasteiger partial charge in [-0.1, -0.05) is 42.5 Å². The van der Waals surface area contributed by atoms with Crippen LogP contribution in [0.25, 0.3) is 6.08 Å². The van der Waals surface area contributed by atoms with Gasteiger partial charge in [0.1, 0.15) is 6.04 Å². The molecule has 7 nitrogen and oxygen atoms in total. The molecule has 0 spiro atoms. The van der Waals surface area contributed by atoms with Gasteiger partial charge in [-0.15, -0.1) is 0 Å². The van der Waals surface area contributed by atoms with E-state index in [1.165, 1.54) is 30.4 Å². The second-order valence-electron chi connectivity index (χ2n) is 5.69. The summed E-state index contributed by atoms with van der Waals surface area (Å²) in [6.45, 7) is 1.91. The molecular formula is C20H20N2O5. The Labute approximate surface area is 156 Å². The minimum Gasteiger partial charge on any atom is -0.464 e. The van der Waals surface area contributed by atoms with Gasteiger partial charge in [-0.2, -0.15) is 0 Å². The molecule has 0 aliphatic heterocycles. The number of hydrogen-bond donors (Lipinski definition) is 1. The number of nitrogens with one attached hydrogen (secondary N) is 1. The fourth-order valence-corrected chi connectivity index (χ4v) is 2.42. The van der Waals surface area contributed by atoms with E-state index in [9.17, 15) is 19.7 Å². The first-order valence-corrected chi connectivity index (χ1v) is 8.43. The Hall–Kier alpha value is -3.48. The third-order valence-corrected chi connectivity index (χ3v) is 3.68. The average Bonchev–Trinajstić information content (AvgIpc) is 2.67. The van der Waals surface area contributed by atoms with Crippen molar-refractivity contribution in [3.8, 4) is 0 Å². The van der Waals surface area contributed by atoms with Crippen molar-refractivity contribution in [2.75, 3.05) is 6.61 Å². The minimum atomic E-state index is -0.824. The van der Waals surface area contributed by atoms with E-state index in [1.807, 2.05) is 30.3 Å². The molecule has 1 atom stereocenters. The Morgan fingerprint density at radius 3 is 2.59 bits per heavy atom. The number of ether oxygens (including phenoxy) is 1. The molecule has 0 saturated heterocycles. The van der Waals surface area contributed by atoms with Crippen LogP contribution in [0.2, 0.25) is 0 Å². The standard InChI is InChI=1S/C20H20N2O5/c1-2-27-20(24)18(14-15-7-4-3-5-8-15)21-19(23)12-11-16-9-6-10-17(13-16)22(25)26/h3-13,18H,2,14H2,1H3,(H,21,23)/b12-11+. The summed E-state index contributed by atoms with van der Waals surface area (Å²) in [5, 5.41) is 13.4. The number of esters is 1. The van der Waals surface area contributed by atoms with Gasteiger partial charge in [0.15, 0.2) is 0 Å². The lowest BCUT2D eigenvalue weighted by Crippen LogP contribution is -2.42. The van der Waals surface area contributed by atoms with Crippen molar-refractivity contribution in [1.82, 2.24) is 5.32 Å². The zero-order valence-electron chi connectivity index (χ0n) is 14.8. The number of nitro benzene ring substituents is 1. The zero-order valence-corrected chi connectivity index (χ0v) is 14.8. The van der Waals surface area contributed by atoms with E-state index < -0.39 is 22.8 Å². The van der Waals surface area contributed by atoms with Gasteiger partial charge in [0.25, 0.3) is 5.69 Å². The van der Waals surface area contributed by atoms with Gasteiger partial charge in [0.05, 0.1) is 11.5 Å². The third-order valence-electron chi connectivity index (χ3n) is 3.68. The smallest absolute Gasteiger partial charge is 0.328 e. The second kappa shape index (κ2) is 9.86. The van der Waals surface area contributed by atoms with Gasteiger partial charge in [-0.05, 0) is 24.1 Å². The number of rotatable bonds is 8.